The molecular weight excluding hydrogens is 306 g/mol. The highest BCUT2D eigenvalue weighted by Crippen LogP contribution is 2.32. The zero-order chi connectivity index (χ0) is 16.7. The Labute approximate surface area is 135 Å². The SMILES string of the molecule is CCC(C)NC(=O)C(C)NC(=O)Nc1cccc(Cl)c1OC. The van der Waals surface area contributed by atoms with Gasteiger partial charge in [0.25, 0.3) is 0 Å². The number of rotatable bonds is 6. The highest BCUT2D eigenvalue weighted by atomic mass is 35.5. The molecule has 0 aliphatic carbocycles. The predicted molar refractivity (Wildman–Crippen MR) is 87.5 cm³/mol. The maximum Gasteiger partial charge on any atom is 0.319 e. The lowest BCUT2D eigenvalue weighted by molar-refractivity contribution is -0.123. The van der Waals surface area contributed by atoms with Crippen molar-refractivity contribution in [3.8, 4) is 5.75 Å². The lowest BCUT2D eigenvalue weighted by Crippen LogP contribution is -2.48. The van der Waals surface area contributed by atoms with Gasteiger partial charge in [-0.3, -0.25) is 4.79 Å². The van der Waals surface area contributed by atoms with Gasteiger partial charge >= 0.3 is 6.03 Å². The van der Waals surface area contributed by atoms with Crippen LogP contribution in [0.3, 0.4) is 0 Å². The molecule has 22 heavy (non-hydrogen) atoms. The fraction of sp³-hybridized carbons (Fsp3) is 0.467. The summed E-state index contributed by atoms with van der Waals surface area (Å²) in [7, 11) is 1.46. The van der Waals surface area contributed by atoms with E-state index in [0.717, 1.165) is 6.42 Å². The van der Waals surface area contributed by atoms with E-state index in [4.69, 9.17) is 16.3 Å². The van der Waals surface area contributed by atoms with Crippen molar-refractivity contribution in [1.82, 2.24) is 10.6 Å². The molecular formula is C15H22ClN3O3. The fourth-order valence-corrected chi connectivity index (χ4v) is 1.96. The molecule has 0 spiro atoms. The average molecular weight is 328 g/mol. The van der Waals surface area contributed by atoms with E-state index >= 15 is 0 Å². The van der Waals surface area contributed by atoms with Crippen LogP contribution in [0.25, 0.3) is 0 Å². The van der Waals surface area contributed by atoms with Crippen LogP contribution in [-0.2, 0) is 4.79 Å². The number of ether oxygens (including phenoxy) is 1. The number of methoxy groups -OCH3 is 1. The minimum atomic E-state index is -0.654. The molecule has 0 aromatic heterocycles. The van der Waals surface area contributed by atoms with Crippen LogP contribution < -0.4 is 20.7 Å². The van der Waals surface area contributed by atoms with E-state index in [9.17, 15) is 9.59 Å². The Morgan fingerprint density at radius 3 is 2.55 bits per heavy atom. The molecule has 0 fully saturated rings. The highest BCUT2D eigenvalue weighted by Gasteiger charge is 2.18. The van der Waals surface area contributed by atoms with E-state index in [-0.39, 0.29) is 11.9 Å². The Hall–Kier alpha value is -1.95. The summed E-state index contributed by atoms with van der Waals surface area (Å²) < 4.78 is 5.14. The largest absolute Gasteiger partial charge is 0.493 e. The van der Waals surface area contributed by atoms with Crippen LogP contribution in [0, 0.1) is 0 Å². The van der Waals surface area contributed by atoms with Crippen LogP contribution in [0.1, 0.15) is 27.2 Å². The summed E-state index contributed by atoms with van der Waals surface area (Å²) in [6.45, 7) is 5.50. The van der Waals surface area contributed by atoms with E-state index < -0.39 is 12.1 Å². The molecule has 0 heterocycles. The van der Waals surface area contributed by atoms with Crippen LogP contribution in [-0.4, -0.2) is 31.1 Å². The van der Waals surface area contributed by atoms with Crippen molar-refractivity contribution in [2.75, 3.05) is 12.4 Å². The molecule has 0 radical (unpaired) electrons. The molecule has 2 atom stereocenters. The number of halogens is 1. The van der Waals surface area contributed by atoms with Crippen molar-refractivity contribution in [3.05, 3.63) is 23.2 Å². The van der Waals surface area contributed by atoms with Crippen LogP contribution in [0.2, 0.25) is 5.02 Å². The zero-order valence-electron chi connectivity index (χ0n) is 13.2. The van der Waals surface area contributed by atoms with Gasteiger partial charge < -0.3 is 20.7 Å². The van der Waals surface area contributed by atoms with Crippen molar-refractivity contribution in [2.24, 2.45) is 0 Å². The molecule has 122 valence electrons. The normalized spacial score (nSPS) is 13.0. The van der Waals surface area contributed by atoms with Gasteiger partial charge in [-0.1, -0.05) is 24.6 Å². The van der Waals surface area contributed by atoms with Crippen molar-refractivity contribution < 1.29 is 14.3 Å². The first-order valence-corrected chi connectivity index (χ1v) is 7.47. The third-order valence-corrected chi connectivity index (χ3v) is 3.46. The number of nitrogens with one attached hydrogen (secondary N) is 3. The van der Waals surface area contributed by atoms with Crippen LogP contribution in [0.4, 0.5) is 10.5 Å². The molecule has 0 aliphatic heterocycles. The Kier molecular flexibility index (Phi) is 6.98. The molecule has 2 unspecified atom stereocenters. The number of anilines is 1. The molecule has 1 aromatic carbocycles. The molecule has 0 saturated carbocycles. The van der Waals surface area contributed by atoms with Gasteiger partial charge in [0.2, 0.25) is 5.91 Å². The van der Waals surface area contributed by atoms with Crippen molar-refractivity contribution >= 4 is 29.2 Å². The summed E-state index contributed by atoms with van der Waals surface area (Å²) in [5.41, 5.74) is 0.432. The van der Waals surface area contributed by atoms with Crippen LogP contribution in [0.15, 0.2) is 18.2 Å². The topological polar surface area (TPSA) is 79.5 Å². The Balaban J connectivity index is 2.63. The van der Waals surface area contributed by atoms with Gasteiger partial charge in [-0.25, -0.2) is 4.79 Å². The number of para-hydroxylation sites is 1. The molecule has 7 heteroatoms. The second-order valence-corrected chi connectivity index (χ2v) is 5.37. The van der Waals surface area contributed by atoms with Gasteiger partial charge in [0.1, 0.15) is 6.04 Å². The number of carbonyl (C=O) groups is 2. The lowest BCUT2D eigenvalue weighted by atomic mass is 10.2. The number of hydrogen-bond donors (Lipinski definition) is 3. The van der Waals surface area contributed by atoms with E-state index in [1.807, 2.05) is 13.8 Å². The van der Waals surface area contributed by atoms with Gasteiger partial charge in [-0.15, -0.1) is 0 Å². The van der Waals surface area contributed by atoms with E-state index in [2.05, 4.69) is 16.0 Å². The molecule has 0 aliphatic rings. The monoisotopic (exact) mass is 327 g/mol. The average Bonchev–Trinajstić information content (AvgIpc) is 2.47. The summed E-state index contributed by atoms with van der Waals surface area (Å²) >= 11 is 5.98. The second-order valence-electron chi connectivity index (χ2n) is 4.96. The maximum absolute atomic E-state index is 12.0. The molecule has 0 saturated heterocycles. The molecule has 6 nitrogen and oxygen atoms in total. The first-order valence-electron chi connectivity index (χ1n) is 7.09. The molecule has 1 rings (SSSR count). The first-order chi connectivity index (χ1) is 10.4. The second kappa shape index (κ2) is 8.48. The smallest absolute Gasteiger partial charge is 0.319 e. The molecule has 0 bridgehead atoms. The van der Waals surface area contributed by atoms with E-state index in [0.29, 0.717) is 16.5 Å². The summed E-state index contributed by atoms with van der Waals surface area (Å²) in [4.78, 5) is 23.8. The highest BCUT2D eigenvalue weighted by molar-refractivity contribution is 6.32. The van der Waals surface area contributed by atoms with Gasteiger partial charge in [0.15, 0.2) is 5.75 Å². The number of urea groups is 1. The predicted octanol–water partition coefficient (Wildman–Crippen LogP) is 2.77. The zero-order valence-corrected chi connectivity index (χ0v) is 14.0. The standard InChI is InChI=1S/C15H22ClN3O3/c1-5-9(2)17-14(20)10(3)18-15(21)19-12-8-6-7-11(16)13(12)22-4/h6-10H,5H2,1-4H3,(H,17,20)(H2,18,19,21). The van der Waals surface area contributed by atoms with E-state index in [1.54, 1.807) is 25.1 Å². The third-order valence-electron chi connectivity index (χ3n) is 3.16. The maximum atomic E-state index is 12.0. The van der Waals surface area contributed by atoms with Crippen LogP contribution >= 0.6 is 11.6 Å². The Morgan fingerprint density at radius 1 is 1.27 bits per heavy atom. The van der Waals surface area contributed by atoms with Gasteiger partial charge in [0, 0.05) is 6.04 Å². The first kappa shape index (κ1) is 18.1. The Morgan fingerprint density at radius 2 is 1.95 bits per heavy atom. The van der Waals surface area contributed by atoms with Crippen molar-refractivity contribution in [2.45, 2.75) is 39.3 Å². The molecule has 3 amide bonds. The van der Waals surface area contributed by atoms with Crippen molar-refractivity contribution in [3.63, 3.8) is 0 Å². The van der Waals surface area contributed by atoms with Gasteiger partial charge in [-0.05, 0) is 32.4 Å². The molecule has 1 aromatic rings. The van der Waals surface area contributed by atoms with Crippen LogP contribution in [0.5, 0.6) is 5.75 Å². The number of carbonyl (C=O) groups excluding carboxylic acids is 2. The third kappa shape index (κ3) is 5.11. The molecule has 3 N–H and O–H groups in total. The summed E-state index contributed by atoms with van der Waals surface area (Å²) in [6, 6.07) is 3.92. The van der Waals surface area contributed by atoms with Gasteiger partial charge in [0.05, 0.1) is 17.8 Å². The summed E-state index contributed by atoms with van der Waals surface area (Å²) in [5.74, 6) is 0.138. The minimum Gasteiger partial charge on any atom is -0.493 e. The number of benzene rings is 1. The van der Waals surface area contributed by atoms with Crippen molar-refractivity contribution in [1.29, 1.82) is 0 Å². The van der Waals surface area contributed by atoms with E-state index in [1.165, 1.54) is 7.11 Å². The Bertz CT molecular complexity index is 537. The minimum absolute atomic E-state index is 0.0628. The fourth-order valence-electron chi connectivity index (χ4n) is 1.71. The number of hydrogen-bond acceptors (Lipinski definition) is 3. The summed E-state index contributed by atoms with van der Waals surface area (Å²) in [6.07, 6.45) is 0.824. The lowest BCUT2D eigenvalue weighted by Gasteiger charge is -2.18. The number of amides is 3. The summed E-state index contributed by atoms with van der Waals surface area (Å²) in [5, 5.41) is 8.38. The quantitative estimate of drug-likeness (QED) is 0.751. The van der Waals surface area contributed by atoms with Gasteiger partial charge in [-0.2, -0.15) is 0 Å².